The Kier molecular flexibility index (Phi) is 4.95. The van der Waals surface area contributed by atoms with E-state index in [9.17, 15) is 14.7 Å². The van der Waals surface area contributed by atoms with Gasteiger partial charge >= 0.3 is 5.97 Å². The van der Waals surface area contributed by atoms with Crippen LogP contribution in [0.3, 0.4) is 0 Å². The summed E-state index contributed by atoms with van der Waals surface area (Å²) < 4.78 is 5.05. The van der Waals surface area contributed by atoms with Crippen LogP contribution in [0.25, 0.3) is 0 Å². The standard InChI is InChI=1S/C17H14N2O4/c1-11(23-17(22)12-6-4-7-14(20)9-12)16(21)19-15-8-3-2-5-13(15)10-18/h2-9,11,20H,1H3,(H,19,21)/t11-/m1/s1. The number of nitrogens with zero attached hydrogens (tertiary/aromatic N) is 1. The Balaban J connectivity index is 2.03. The van der Waals surface area contributed by atoms with E-state index in [1.165, 1.54) is 31.2 Å². The largest absolute Gasteiger partial charge is 0.508 e. The molecule has 1 amide bonds. The highest BCUT2D eigenvalue weighted by molar-refractivity contribution is 5.98. The van der Waals surface area contributed by atoms with Crippen molar-refractivity contribution in [1.29, 1.82) is 5.26 Å². The minimum atomic E-state index is -1.06. The molecule has 2 rings (SSSR count). The number of benzene rings is 2. The van der Waals surface area contributed by atoms with Gasteiger partial charge < -0.3 is 15.2 Å². The Morgan fingerprint density at radius 3 is 2.65 bits per heavy atom. The summed E-state index contributed by atoms with van der Waals surface area (Å²) >= 11 is 0. The zero-order valence-corrected chi connectivity index (χ0v) is 12.3. The second-order valence-corrected chi connectivity index (χ2v) is 4.74. The molecule has 0 aliphatic rings. The number of hydrogen-bond acceptors (Lipinski definition) is 5. The number of amides is 1. The number of hydrogen-bond donors (Lipinski definition) is 2. The molecule has 2 aromatic carbocycles. The van der Waals surface area contributed by atoms with Gasteiger partial charge in [-0.3, -0.25) is 4.79 Å². The van der Waals surface area contributed by atoms with Crippen molar-refractivity contribution in [3.8, 4) is 11.8 Å². The predicted octanol–water partition coefficient (Wildman–Crippen LogP) is 2.45. The molecule has 2 aromatic rings. The van der Waals surface area contributed by atoms with Gasteiger partial charge in [-0.05, 0) is 37.3 Å². The van der Waals surface area contributed by atoms with Crippen molar-refractivity contribution in [2.24, 2.45) is 0 Å². The van der Waals surface area contributed by atoms with Gasteiger partial charge in [0.25, 0.3) is 5.91 Å². The normalized spacial score (nSPS) is 11.1. The SMILES string of the molecule is C[C@@H](OC(=O)c1cccc(O)c1)C(=O)Nc1ccccc1C#N. The van der Waals surface area contributed by atoms with Gasteiger partial charge in [0.2, 0.25) is 0 Å². The number of carbonyl (C=O) groups is 2. The van der Waals surface area contributed by atoms with Gasteiger partial charge in [0.05, 0.1) is 16.8 Å². The van der Waals surface area contributed by atoms with E-state index in [0.717, 1.165) is 0 Å². The molecule has 0 unspecified atom stereocenters. The summed E-state index contributed by atoms with van der Waals surface area (Å²) in [6.45, 7) is 1.42. The van der Waals surface area contributed by atoms with Crippen LogP contribution in [-0.2, 0) is 9.53 Å². The Bertz CT molecular complexity index is 780. The highest BCUT2D eigenvalue weighted by Crippen LogP contribution is 2.15. The van der Waals surface area contributed by atoms with E-state index >= 15 is 0 Å². The summed E-state index contributed by atoms with van der Waals surface area (Å²) in [5.41, 5.74) is 0.801. The van der Waals surface area contributed by atoms with E-state index in [1.54, 1.807) is 24.3 Å². The number of ether oxygens (including phenoxy) is 1. The van der Waals surface area contributed by atoms with E-state index in [4.69, 9.17) is 10.00 Å². The van der Waals surface area contributed by atoms with Crippen LogP contribution in [0.5, 0.6) is 5.75 Å². The number of rotatable bonds is 4. The van der Waals surface area contributed by atoms with Crippen molar-refractivity contribution in [3.63, 3.8) is 0 Å². The molecule has 0 saturated heterocycles. The first-order chi connectivity index (χ1) is 11.0. The third-order valence-electron chi connectivity index (χ3n) is 3.04. The van der Waals surface area contributed by atoms with E-state index in [0.29, 0.717) is 11.3 Å². The lowest BCUT2D eigenvalue weighted by Crippen LogP contribution is -2.30. The number of para-hydroxylation sites is 1. The molecule has 0 saturated carbocycles. The molecule has 23 heavy (non-hydrogen) atoms. The van der Waals surface area contributed by atoms with Gasteiger partial charge in [-0.1, -0.05) is 18.2 Å². The maximum absolute atomic E-state index is 12.1. The molecule has 0 bridgehead atoms. The fraction of sp³-hybridized carbons (Fsp3) is 0.118. The van der Waals surface area contributed by atoms with Gasteiger partial charge in [0.15, 0.2) is 6.10 Å². The fourth-order valence-corrected chi connectivity index (χ4v) is 1.84. The van der Waals surface area contributed by atoms with E-state index in [-0.39, 0.29) is 11.3 Å². The Labute approximate surface area is 132 Å². The minimum absolute atomic E-state index is 0.0699. The summed E-state index contributed by atoms with van der Waals surface area (Å²) in [6, 6.07) is 14.1. The van der Waals surface area contributed by atoms with Crippen molar-refractivity contribution >= 4 is 17.6 Å². The van der Waals surface area contributed by atoms with Crippen LogP contribution in [0.4, 0.5) is 5.69 Å². The van der Waals surface area contributed by atoms with Gasteiger partial charge in [-0.25, -0.2) is 4.79 Å². The first-order valence-electron chi connectivity index (χ1n) is 6.81. The summed E-state index contributed by atoms with van der Waals surface area (Å²) in [6.07, 6.45) is -1.06. The van der Waals surface area contributed by atoms with Gasteiger partial charge in [0, 0.05) is 0 Å². The van der Waals surface area contributed by atoms with Crippen LogP contribution in [0.1, 0.15) is 22.8 Å². The average Bonchev–Trinajstić information content (AvgIpc) is 2.55. The Morgan fingerprint density at radius 2 is 1.96 bits per heavy atom. The maximum atomic E-state index is 12.1. The molecule has 2 N–H and O–H groups in total. The first kappa shape index (κ1) is 16.0. The molecule has 116 valence electrons. The van der Waals surface area contributed by atoms with Crippen LogP contribution in [0.15, 0.2) is 48.5 Å². The monoisotopic (exact) mass is 310 g/mol. The third-order valence-corrected chi connectivity index (χ3v) is 3.04. The third kappa shape index (κ3) is 4.08. The number of phenols is 1. The molecular formula is C17H14N2O4. The van der Waals surface area contributed by atoms with Crippen LogP contribution in [-0.4, -0.2) is 23.1 Å². The van der Waals surface area contributed by atoms with Crippen LogP contribution >= 0.6 is 0 Å². The smallest absolute Gasteiger partial charge is 0.339 e. The van der Waals surface area contributed by atoms with Gasteiger partial charge in [0.1, 0.15) is 11.8 Å². The predicted molar refractivity (Wildman–Crippen MR) is 82.8 cm³/mol. The molecule has 0 aromatic heterocycles. The number of nitriles is 1. The molecule has 1 atom stereocenters. The van der Waals surface area contributed by atoms with Crippen molar-refractivity contribution < 1.29 is 19.4 Å². The van der Waals surface area contributed by atoms with Gasteiger partial charge in [-0.15, -0.1) is 0 Å². The second kappa shape index (κ2) is 7.09. The van der Waals surface area contributed by atoms with Crippen LogP contribution < -0.4 is 5.32 Å². The molecule has 0 aliphatic heterocycles. The quantitative estimate of drug-likeness (QED) is 0.845. The fourth-order valence-electron chi connectivity index (χ4n) is 1.84. The van der Waals surface area contributed by atoms with E-state index in [1.807, 2.05) is 6.07 Å². The first-order valence-corrected chi connectivity index (χ1v) is 6.81. The van der Waals surface area contributed by atoms with Crippen molar-refractivity contribution in [2.45, 2.75) is 13.0 Å². The number of nitrogens with one attached hydrogen (secondary N) is 1. The molecule has 0 heterocycles. The molecule has 0 spiro atoms. The lowest BCUT2D eigenvalue weighted by Gasteiger charge is -2.14. The molecule has 0 radical (unpaired) electrons. The lowest BCUT2D eigenvalue weighted by molar-refractivity contribution is -0.123. The molecule has 0 fully saturated rings. The Morgan fingerprint density at radius 1 is 1.22 bits per heavy atom. The molecular weight excluding hydrogens is 296 g/mol. The highest BCUT2D eigenvalue weighted by Gasteiger charge is 2.20. The summed E-state index contributed by atoms with van der Waals surface area (Å²) in [5, 5.41) is 20.9. The molecule has 6 heteroatoms. The number of phenolic OH excluding ortho intramolecular Hbond substituents is 1. The highest BCUT2D eigenvalue weighted by atomic mass is 16.5. The second-order valence-electron chi connectivity index (χ2n) is 4.74. The number of carbonyl (C=O) groups excluding carboxylic acids is 2. The van der Waals surface area contributed by atoms with Crippen molar-refractivity contribution in [1.82, 2.24) is 0 Å². The average molecular weight is 310 g/mol. The van der Waals surface area contributed by atoms with Crippen LogP contribution in [0, 0.1) is 11.3 Å². The van der Waals surface area contributed by atoms with Crippen molar-refractivity contribution in [2.75, 3.05) is 5.32 Å². The zero-order chi connectivity index (χ0) is 16.8. The number of anilines is 1. The Hall–Kier alpha value is -3.33. The van der Waals surface area contributed by atoms with E-state index < -0.39 is 18.0 Å². The van der Waals surface area contributed by atoms with E-state index in [2.05, 4.69) is 5.32 Å². The number of esters is 1. The summed E-state index contributed by atoms with van der Waals surface area (Å²) in [5.74, 6) is -1.35. The van der Waals surface area contributed by atoms with Crippen molar-refractivity contribution in [3.05, 3.63) is 59.7 Å². The van der Waals surface area contributed by atoms with Gasteiger partial charge in [-0.2, -0.15) is 5.26 Å². The summed E-state index contributed by atoms with van der Waals surface area (Å²) in [4.78, 5) is 24.0. The summed E-state index contributed by atoms with van der Waals surface area (Å²) in [7, 11) is 0. The molecule has 0 aliphatic carbocycles. The number of aromatic hydroxyl groups is 1. The minimum Gasteiger partial charge on any atom is -0.508 e. The zero-order valence-electron chi connectivity index (χ0n) is 12.3. The van der Waals surface area contributed by atoms with Crippen LogP contribution in [0.2, 0.25) is 0 Å². The lowest BCUT2D eigenvalue weighted by atomic mass is 10.2. The maximum Gasteiger partial charge on any atom is 0.339 e. The topological polar surface area (TPSA) is 99.4 Å². The molecule has 6 nitrogen and oxygen atoms in total.